The molecule has 0 radical (unpaired) electrons. The van der Waals surface area contributed by atoms with E-state index in [1.165, 1.54) is 12.1 Å². The van der Waals surface area contributed by atoms with Crippen molar-refractivity contribution < 1.29 is 54.1 Å². The van der Waals surface area contributed by atoms with E-state index in [2.05, 4.69) is 11.5 Å². The van der Waals surface area contributed by atoms with E-state index < -0.39 is 24.6 Å². The van der Waals surface area contributed by atoms with Gasteiger partial charge in [0, 0.05) is 47.5 Å². The Morgan fingerprint density at radius 1 is 1.16 bits per heavy atom. The number of fused-ring (bicyclic) bond motifs is 1. The number of rotatable bonds is 9. The molecule has 31 heavy (non-hydrogen) atoms. The third-order valence-corrected chi connectivity index (χ3v) is 4.98. The van der Waals surface area contributed by atoms with E-state index in [9.17, 15) is 24.5 Å². The average molecular weight is 433 g/mol. The van der Waals surface area contributed by atoms with Gasteiger partial charge in [0.25, 0.3) is 0 Å². The van der Waals surface area contributed by atoms with Gasteiger partial charge in [-0.05, 0) is 36.3 Å². The quantitative estimate of drug-likeness (QED) is 0.470. The Morgan fingerprint density at radius 2 is 1.84 bits per heavy atom. The molecular formula is C24H25FNNaO4. The zero-order chi connectivity index (χ0) is 21.7. The smallest absolute Gasteiger partial charge is 0.550 e. The molecule has 3 rings (SSSR count). The molecule has 0 fully saturated rings. The Kier molecular flexibility index (Phi) is 9.47. The predicted octanol–water partition coefficient (Wildman–Crippen LogP) is 0.126. The molecule has 0 aliphatic rings. The molecule has 0 saturated carbocycles. The molecule has 2 N–H and O–H groups in total. The van der Waals surface area contributed by atoms with Crippen LogP contribution in [0.15, 0.2) is 54.6 Å². The van der Waals surface area contributed by atoms with E-state index in [4.69, 9.17) is 0 Å². The SMILES string of the molecule is CCCn1c(/C=C/[C@@H](O)C[C@@H](O)CC(=O)[O-])c(-c2ccc(F)cc2)c2ccccc21.[Na+]. The summed E-state index contributed by atoms with van der Waals surface area (Å²) in [6.45, 7) is 2.83. The number of carboxylic acids is 1. The Labute approximate surface area is 203 Å². The van der Waals surface area contributed by atoms with E-state index in [-0.39, 0.29) is 41.8 Å². The molecule has 5 nitrogen and oxygen atoms in total. The van der Waals surface area contributed by atoms with Crippen molar-refractivity contribution in [1.29, 1.82) is 0 Å². The normalized spacial score (nSPS) is 13.3. The van der Waals surface area contributed by atoms with E-state index in [0.717, 1.165) is 40.7 Å². The molecule has 1 heterocycles. The number of carbonyl (C=O) groups excluding carboxylic acids is 1. The van der Waals surface area contributed by atoms with Crippen LogP contribution >= 0.6 is 0 Å². The molecule has 7 heteroatoms. The standard InChI is InChI=1S/C24H26FNO4.Na/c1-2-13-26-21-6-4-3-5-20(21)24(16-7-9-17(25)10-8-16)22(26)12-11-18(27)14-19(28)15-23(29)30;/h3-12,18-19,27-28H,2,13-15H2,1H3,(H,29,30);/q;+1/p-1/b12-11+;/t18-,19-;/m1./s1. The van der Waals surface area contributed by atoms with Crippen LogP contribution in [-0.2, 0) is 11.3 Å². The number of aliphatic carboxylic acids is 1. The largest absolute Gasteiger partial charge is 1.00 e. The summed E-state index contributed by atoms with van der Waals surface area (Å²) in [7, 11) is 0. The van der Waals surface area contributed by atoms with Gasteiger partial charge in [-0.1, -0.05) is 43.3 Å². The van der Waals surface area contributed by atoms with Gasteiger partial charge >= 0.3 is 29.6 Å². The summed E-state index contributed by atoms with van der Waals surface area (Å²) in [5, 5.41) is 31.6. The molecule has 0 saturated heterocycles. The minimum absolute atomic E-state index is 0. The Bertz CT molecular complexity index is 1050. The minimum atomic E-state index is -1.36. The summed E-state index contributed by atoms with van der Waals surface area (Å²) in [5.74, 6) is -1.68. The van der Waals surface area contributed by atoms with E-state index in [1.807, 2.05) is 24.3 Å². The number of benzene rings is 2. The second-order valence-electron chi connectivity index (χ2n) is 7.33. The zero-order valence-corrected chi connectivity index (χ0v) is 19.8. The number of aromatic nitrogens is 1. The summed E-state index contributed by atoms with van der Waals surface area (Å²) < 4.78 is 15.6. The molecular weight excluding hydrogens is 408 g/mol. The van der Waals surface area contributed by atoms with Gasteiger partial charge in [0.05, 0.1) is 12.2 Å². The molecule has 0 bridgehead atoms. The number of halogens is 1. The second-order valence-corrected chi connectivity index (χ2v) is 7.33. The van der Waals surface area contributed by atoms with Gasteiger partial charge in [-0.2, -0.15) is 0 Å². The summed E-state index contributed by atoms with van der Waals surface area (Å²) in [6, 6.07) is 14.2. The second kappa shape index (κ2) is 11.6. The van der Waals surface area contributed by atoms with Crippen LogP contribution in [0.2, 0.25) is 0 Å². The number of para-hydroxylation sites is 1. The molecule has 2 atom stereocenters. The third-order valence-electron chi connectivity index (χ3n) is 4.98. The molecule has 0 spiro atoms. The van der Waals surface area contributed by atoms with Crippen LogP contribution in [-0.4, -0.2) is 33.0 Å². The van der Waals surface area contributed by atoms with E-state index >= 15 is 0 Å². The number of aliphatic hydroxyl groups is 2. The van der Waals surface area contributed by atoms with E-state index in [0.29, 0.717) is 0 Å². The minimum Gasteiger partial charge on any atom is -0.550 e. The van der Waals surface area contributed by atoms with Crippen molar-refractivity contribution in [3.8, 4) is 11.1 Å². The van der Waals surface area contributed by atoms with Crippen LogP contribution in [0.4, 0.5) is 4.39 Å². The van der Waals surface area contributed by atoms with Crippen molar-refractivity contribution in [2.24, 2.45) is 0 Å². The number of carbonyl (C=O) groups is 1. The van der Waals surface area contributed by atoms with Gasteiger partial charge < -0.3 is 24.7 Å². The number of hydrogen-bond acceptors (Lipinski definition) is 4. The molecule has 0 amide bonds. The Hall–Kier alpha value is -1.96. The van der Waals surface area contributed by atoms with Gasteiger partial charge in [0.1, 0.15) is 5.82 Å². The third kappa shape index (κ3) is 6.28. The first kappa shape index (κ1) is 25.3. The first-order valence-electron chi connectivity index (χ1n) is 10.0. The maximum absolute atomic E-state index is 13.5. The zero-order valence-electron chi connectivity index (χ0n) is 17.8. The first-order valence-corrected chi connectivity index (χ1v) is 10.0. The van der Waals surface area contributed by atoms with Crippen molar-refractivity contribution in [3.05, 3.63) is 66.1 Å². The molecule has 0 aliphatic carbocycles. The number of hydrogen-bond donors (Lipinski definition) is 2. The maximum atomic E-state index is 13.5. The fraction of sp³-hybridized carbons (Fsp3) is 0.292. The number of carboxylic acid groups (broad SMARTS) is 1. The number of nitrogens with zero attached hydrogens (tertiary/aromatic N) is 1. The van der Waals surface area contributed by atoms with Crippen molar-refractivity contribution >= 4 is 22.9 Å². The molecule has 0 aliphatic heterocycles. The number of aryl methyl sites for hydroxylation is 1. The molecule has 1 aromatic heterocycles. The summed E-state index contributed by atoms with van der Waals surface area (Å²) in [5.41, 5.74) is 3.68. The van der Waals surface area contributed by atoms with Gasteiger partial charge in [0.15, 0.2) is 0 Å². The Morgan fingerprint density at radius 3 is 2.48 bits per heavy atom. The number of aliphatic hydroxyl groups excluding tert-OH is 2. The van der Waals surface area contributed by atoms with Gasteiger partial charge in [-0.15, -0.1) is 0 Å². The fourth-order valence-electron chi connectivity index (χ4n) is 3.72. The van der Waals surface area contributed by atoms with Gasteiger partial charge in [-0.25, -0.2) is 4.39 Å². The summed E-state index contributed by atoms with van der Waals surface area (Å²) in [4.78, 5) is 10.6. The van der Waals surface area contributed by atoms with Gasteiger partial charge in [0.2, 0.25) is 0 Å². The maximum Gasteiger partial charge on any atom is 1.00 e. The van der Waals surface area contributed by atoms with Crippen LogP contribution in [0, 0.1) is 5.82 Å². The molecule has 3 aromatic rings. The fourth-order valence-corrected chi connectivity index (χ4v) is 3.72. The predicted molar refractivity (Wildman–Crippen MR) is 113 cm³/mol. The van der Waals surface area contributed by atoms with Crippen LogP contribution in [0.3, 0.4) is 0 Å². The molecule has 2 aromatic carbocycles. The van der Waals surface area contributed by atoms with Crippen molar-refractivity contribution in [3.63, 3.8) is 0 Å². The van der Waals surface area contributed by atoms with Crippen molar-refractivity contribution in [1.82, 2.24) is 4.57 Å². The first-order chi connectivity index (χ1) is 14.4. The van der Waals surface area contributed by atoms with Crippen LogP contribution < -0.4 is 34.7 Å². The van der Waals surface area contributed by atoms with Crippen molar-refractivity contribution in [2.75, 3.05) is 0 Å². The summed E-state index contributed by atoms with van der Waals surface area (Å²) >= 11 is 0. The topological polar surface area (TPSA) is 85.5 Å². The molecule has 0 unspecified atom stereocenters. The monoisotopic (exact) mass is 433 g/mol. The van der Waals surface area contributed by atoms with Crippen molar-refractivity contribution in [2.45, 2.75) is 44.9 Å². The van der Waals surface area contributed by atoms with Crippen LogP contribution in [0.5, 0.6) is 0 Å². The van der Waals surface area contributed by atoms with Crippen LogP contribution in [0.1, 0.15) is 31.9 Å². The average Bonchev–Trinajstić information content (AvgIpc) is 3.00. The molecule has 158 valence electrons. The van der Waals surface area contributed by atoms with Crippen LogP contribution in [0.25, 0.3) is 28.1 Å². The van der Waals surface area contributed by atoms with E-state index in [1.54, 1.807) is 24.3 Å². The van der Waals surface area contributed by atoms with Gasteiger partial charge in [-0.3, -0.25) is 0 Å². The summed E-state index contributed by atoms with van der Waals surface area (Å²) in [6.07, 6.45) is 1.39. The Balaban J connectivity index is 0.00000341.